The Morgan fingerprint density at radius 2 is 1.96 bits per heavy atom. The number of guanidine groups is 1. The van der Waals surface area contributed by atoms with Gasteiger partial charge in [-0.05, 0) is 43.7 Å². The number of aliphatic hydroxyl groups is 1. The van der Waals surface area contributed by atoms with Crippen molar-refractivity contribution >= 4 is 5.96 Å². The molecule has 2 aliphatic rings. The van der Waals surface area contributed by atoms with Gasteiger partial charge in [-0.15, -0.1) is 0 Å². The van der Waals surface area contributed by atoms with Gasteiger partial charge in [0.25, 0.3) is 0 Å². The van der Waals surface area contributed by atoms with Gasteiger partial charge in [0.15, 0.2) is 5.96 Å². The molecule has 6 nitrogen and oxygen atoms in total. The Bertz CT molecular complexity index is 594. The molecular formula is C21H33N3O3. The van der Waals surface area contributed by atoms with Gasteiger partial charge < -0.3 is 24.8 Å². The van der Waals surface area contributed by atoms with Crippen molar-refractivity contribution in [1.82, 2.24) is 10.2 Å². The van der Waals surface area contributed by atoms with Gasteiger partial charge in [0.1, 0.15) is 0 Å². The van der Waals surface area contributed by atoms with Crippen molar-refractivity contribution in [3.8, 4) is 0 Å². The Kier molecular flexibility index (Phi) is 7.93. The third kappa shape index (κ3) is 6.48. The van der Waals surface area contributed by atoms with Gasteiger partial charge in [0.05, 0.1) is 25.4 Å². The number of piperidine rings is 1. The molecule has 2 heterocycles. The third-order valence-electron chi connectivity index (χ3n) is 5.16. The van der Waals surface area contributed by atoms with Crippen molar-refractivity contribution in [2.24, 2.45) is 4.99 Å². The molecule has 2 N–H and O–H groups in total. The number of aliphatic hydroxyl groups excluding tert-OH is 1. The second kappa shape index (κ2) is 10.6. The number of likely N-dealkylation sites (tertiary alicyclic amines) is 1. The predicted octanol–water partition coefficient (Wildman–Crippen LogP) is 2.30. The van der Waals surface area contributed by atoms with E-state index in [9.17, 15) is 5.11 Å². The maximum atomic E-state index is 9.72. The Morgan fingerprint density at radius 3 is 2.70 bits per heavy atom. The zero-order chi connectivity index (χ0) is 18.9. The second-order valence-corrected chi connectivity index (χ2v) is 7.33. The largest absolute Gasteiger partial charge is 0.393 e. The van der Waals surface area contributed by atoms with E-state index in [0.29, 0.717) is 19.3 Å². The normalized spacial score (nSPS) is 20.1. The quantitative estimate of drug-likeness (QED) is 0.590. The number of benzene rings is 1. The van der Waals surface area contributed by atoms with Gasteiger partial charge in [-0.1, -0.05) is 24.3 Å². The predicted molar refractivity (Wildman–Crippen MR) is 107 cm³/mol. The average molecular weight is 376 g/mol. The van der Waals surface area contributed by atoms with Crippen LogP contribution >= 0.6 is 0 Å². The van der Waals surface area contributed by atoms with Crippen LogP contribution in [0.15, 0.2) is 29.3 Å². The second-order valence-electron chi connectivity index (χ2n) is 7.33. The average Bonchev–Trinajstić information content (AvgIpc) is 2.71. The monoisotopic (exact) mass is 375 g/mol. The zero-order valence-corrected chi connectivity index (χ0v) is 16.4. The lowest BCUT2D eigenvalue weighted by atomic mass is 10.1. The molecule has 0 unspecified atom stereocenters. The Hall–Kier alpha value is -1.63. The minimum absolute atomic E-state index is 0.170. The fourth-order valence-electron chi connectivity index (χ4n) is 3.54. The smallest absolute Gasteiger partial charge is 0.194 e. The number of aliphatic imine (C=N–C) groups is 1. The van der Waals surface area contributed by atoms with E-state index in [1.165, 1.54) is 11.1 Å². The summed E-state index contributed by atoms with van der Waals surface area (Å²) in [6.07, 6.45) is 3.74. The standard InChI is InChI=1S/C21H33N3O3/c1-2-22-21(24-10-6-19(25)7-11-24)23-15-17-4-3-5-18(14-17)16-27-20-8-12-26-13-9-20/h3-5,14,19-20,25H,2,6-13,15-16H2,1H3,(H,22,23). The molecule has 2 fully saturated rings. The molecule has 1 aromatic rings. The summed E-state index contributed by atoms with van der Waals surface area (Å²) in [4.78, 5) is 7.06. The molecule has 27 heavy (non-hydrogen) atoms. The summed E-state index contributed by atoms with van der Waals surface area (Å²) in [5.74, 6) is 0.938. The van der Waals surface area contributed by atoms with Crippen LogP contribution in [0.3, 0.4) is 0 Å². The first-order valence-corrected chi connectivity index (χ1v) is 10.2. The summed E-state index contributed by atoms with van der Waals surface area (Å²) in [5.41, 5.74) is 2.39. The zero-order valence-electron chi connectivity index (χ0n) is 16.4. The molecule has 0 bridgehead atoms. The lowest BCUT2D eigenvalue weighted by Gasteiger charge is -2.32. The molecule has 0 radical (unpaired) electrons. The van der Waals surface area contributed by atoms with Gasteiger partial charge in [-0.2, -0.15) is 0 Å². The molecular weight excluding hydrogens is 342 g/mol. The summed E-state index contributed by atoms with van der Waals surface area (Å²) in [5, 5.41) is 13.1. The van der Waals surface area contributed by atoms with E-state index in [-0.39, 0.29) is 6.10 Å². The maximum Gasteiger partial charge on any atom is 0.194 e. The molecule has 0 spiro atoms. The molecule has 0 aliphatic carbocycles. The van der Waals surface area contributed by atoms with Crippen LogP contribution in [0.5, 0.6) is 0 Å². The highest BCUT2D eigenvalue weighted by Gasteiger charge is 2.19. The fourth-order valence-corrected chi connectivity index (χ4v) is 3.54. The number of nitrogens with one attached hydrogen (secondary N) is 1. The van der Waals surface area contributed by atoms with E-state index < -0.39 is 0 Å². The van der Waals surface area contributed by atoms with Crippen molar-refractivity contribution in [2.45, 2.75) is 58.0 Å². The van der Waals surface area contributed by atoms with Crippen molar-refractivity contribution < 1.29 is 14.6 Å². The summed E-state index contributed by atoms with van der Waals surface area (Å²) in [6, 6.07) is 8.50. The van der Waals surface area contributed by atoms with E-state index in [0.717, 1.165) is 64.5 Å². The number of hydrogen-bond donors (Lipinski definition) is 2. The van der Waals surface area contributed by atoms with Crippen LogP contribution in [0.4, 0.5) is 0 Å². The van der Waals surface area contributed by atoms with Crippen molar-refractivity contribution in [2.75, 3.05) is 32.8 Å². The third-order valence-corrected chi connectivity index (χ3v) is 5.16. The summed E-state index contributed by atoms with van der Waals surface area (Å²) < 4.78 is 11.4. The minimum atomic E-state index is -0.170. The Balaban J connectivity index is 1.55. The van der Waals surface area contributed by atoms with Gasteiger partial charge in [-0.25, -0.2) is 4.99 Å². The molecule has 0 atom stereocenters. The van der Waals surface area contributed by atoms with Crippen LogP contribution < -0.4 is 5.32 Å². The number of rotatable bonds is 6. The summed E-state index contributed by atoms with van der Waals surface area (Å²) >= 11 is 0. The highest BCUT2D eigenvalue weighted by atomic mass is 16.5. The van der Waals surface area contributed by atoms with Crippen LogP contribution in [0.25, 0.3) is 0 Å². The Morgan fingerprint density at radius 1 is 1.22 bits per heavy atom. The molecule has 0 saturated carbocycles. The number of ether oxygens (including phenoxy) is 2. The van der Waals surface area contributed by atoms with Crippen LogP contribution in [-0.2, 0) is 22.6 Å². The van der Waals surface area contributed by atoms with Gasteiger partial charge >= 0.3 is 0 Å². The lowest BCUT2D eigenvalue weighted by Crippen LogP contribution is -2.46. The van der Waals surface area contributed by atoms with E-state index >= 15 is 0 Å². The van der Waals surface area contributed by atoms with E-state index in [1.807, 2.05) is 0 Å². The summed E-state index contributed by atoms with van der Waals surface area (Å²) in [6.45, 7) is 7.54. The van der Waals surface area contributed by atoms with Crippen molar-refractivity contribution in [1.29, 1.82) is 0 Å². The first kappa shape index (κ1) is 20.1. The first-order chi connectivity index (χ1) is 13.2. The molecule has 0 amide bonds. The first-order valence-electron chi connectivity index (χ1n) is 10.2. The molecule has 3 rings (SSSR count). The van der Waals surface area contributed by atoms with Crippen LogP contribution in [0.1, 0.15) is 43.7 Å². The topological polar surface area (TPSA) is 66.3 Å². The van der Waals surface area contributed by atoms with E-state index in [1.54, 1.807) is 0 Å². The molecule has 2 aliphatic heterocycles. The molecule has 150 valence electrons. The molecule has 6 heteroatoms. The van der Waals surface area contributed by atoms with Gasteiger partial charge in [-0.3, -0.25) is 0 Å². The molecule has 1 aromatic carbocycles. The molecule has 2 saturated heterocycles. The van der Waals surface area contributed by atoms with E-state index in [4.69, 9.17) is 14.5 Å². The number of hydrogen-bond acceptors (Lipinski definition) is 4. The van der Waals surface area contributed by atoms with Gasteiger partial charge in [0.2, 0.25) is 0 Å². The highest BCUT2D eigenvalue weighted by molar-refractivity contribution is 5.80. The molecule has 0 aromatic heterocycles. The highest BCUT2D eigenvalue weighted by Crippen LogP contribution is 2.15. The van der Waals surface area contributed by atoms with Crippen molar-refractivity contribution in [3.05, 3.63) is 35.4 Å². The summed E-state index contributed by atoms with van der Waals surface area (Å²) in [7, 11) is 0. The maximum absolute atomic E-state index is 9.72. The van der Waals surface area contributed by atoms with E-state index in [2.05, 4.69) is 41.4 Å². The van der Waals surface area contributed by atoms with Crippen LogP contribution in [0, 0.1) is 0 Å². The fraction of sp³-hybridized carbons (Fsp3) is 0.667. The van der Waals surface area contributed by atoms with Crippen molar-refractivity contribution in [3.63, 3.8) is 0 Å². The Labute approximate surface area is 162 Å². The SMILES string of the molecule is CCNC(=NCc1cccc(COC2CCOCC2)c1)N1CCC(O)CC1. The van der Waals surface area contributed by atoms with Crippen LogP contribution in [-0.4, -0.2) is 61.0 Å². The lowest BCUT2D eigenvalue weighted by molar-refractivity contribution is -0.0390. The minimum Gasteiger partial charge on any atom is -0.393 e. The van der Waals surface area contributed by atoms with Gasteiger partial charge in [0, 0.05) is 32.8 Å². The van der Waals surface area contributed by atoms with Crippen LogP contribution in [0.2, 0.25) is 0 Å². The number of nitrogens with zero attached hydrogens (tertiary/aromatic N) is 2.